The molecule has 2 heterocycles. The van der Waals surface area contributed by atoms with E-state index in [9.17, 15) is 4.79 Å². The van der Waals surface area contributed by atoms with E-state index < -0.39 is 0 Å². The van der Waals surface area contributed by atoms with Crippen LogP contribution < -0.4 is 5.63 Å². The average molecular weight is 277 g/mol. The second-order valence-electron chi connectivity index (χ2n) is 4.80. The maximum absolute atomic E-state index is 11.5. The van der Waals surface area contributed by atoms with Crippen LogP contribution in [0.1, 0.15) is 22.3 Å². The molecule has 3 aromatic rings. The van der Waals surface area contributed by atoms with Crippen molar-refractivity contribution in [2.45, 2.75) is 26.7 Å². The molecule has 0 bridgehead atoms. The van der Waals surface area contributed by atoms with E-state index in [-0.39, 0.29) is 5.63 Å². The number of fused-ring (bicyclic) bond motifs is 2. The van der Waals surface area contributed by atoms with Crippen molar-refractivity contribution in [3.63, 3.8) is 0 Å². The number of halogens is 1. The van der Waals surface area contributed by atoms with Crippen molar-refractivity contribution in [2.75, 3.05) is 0 Å². The molecule has 0 aliphatic carbocycles. The van der Waals surface area contributed by atoms with Crippen LogP contribution in [0.25, 0.3) is 21.9 Å². The molecule has 0 spiro atoms. The van der Waals surface area contributed by atoms with Gasteiger partial charge in [-0.25, -0.2) is 4.79 Å². The van der Waals surface area contributed by atoms with Crippen molar-refractivity contribution in [3.05, 3.63) is 45.0 Å². The van der Waals surface area contributed by atoms with Gasteiger partial charge in [0.15, 0.2) is 0 Å². The van der Waals surface area contributed by atoms with Gasteiger partial charge in [-0.2, -0.15) is 0 Å². The van der Waals surface area contributed by atoms with Crippen LogP contribution in [0.5, 0.6) is 0 Å². The van der Waals surface area contributed by atoms with Crippen LogP contribution in [0.15, 0.2) is 26.0 Å². The highest BCUT2D eigenvalue weighted by Gasteiger charge is 2.18. The fourth-order valence-corrected chi connectivity index (χ4v) is 2.94. The van der Waals surface area contributed by atoms with Gasteiger partial charge in [-0.05, 0) is 31.9 Å². The number of benzene rings is 1. The van der Waals surface area contributed by atoms with Gasteiger partial charge in [0.05, 0.1) is 12.1 Å². The van der Waals surface area contributed by atoms with Crippen LogP contribution in [-0.2, 0) is 5.88 Å². The molecule has 98 valence electrons. The molecule has 1 aromatic carbocycles. The van der Waals surface area contributed by atoms with Crippen molar-refractivity contribution >= 4 is 33.5 Å². The zero-order valence-corrected chi connectivity index (χ0v) is 11.7. The van der Waals surface area contributed by atoms with Crippen molar-refractivity contribution in [2.24, 2.45) is 0 Å². The zero-order valence-electron chi connectivity index (χ0n) is 11.0. The molecule has 4 heteroatoms. The topological polar surface area (TPSA) is 43.4 Å². The highest BCUT2D eigenvalue weighted by molar-refractivity contribution is 6.18. The number of alkyl halides is 1. The van der Waals surface area contributed by atoms with Crippen LogP contribution in [0, 0.1) is 20.8 Å². The summed E-state index contributed by atoms with van der Waals surface area (Å²) < 4.78 is 10.9. The molecule has 0 saturated heterocycles. The number of hydrogen-bond acceptors (Lipinski definition) is 3. The summed E-state index contributed by atoms with van der Waals surface area (Å²) in [4.78, 5) is 11.5. The standard InChI is InChI=1S/C15H13ClO3/c1-7-4-11(17)19-15-9(3)14-13(8(2)12(7)15)10(5-16)6-18-14/h4,6H,5H2,1-3H3. The quantitative estimate of drug-likeness (QED) is 0.494. The molecule has 0 N–H and O–H groups in total. The Bertz CT molecular complexity index is 855. The average Bonchev–Trinajstić information content (AvgIpc) is 2.79. The third-order valence-electron chi connectivity index (χ3n) is 3.60. The van der Waals surface area contributed by atoms with Crippen LogP contribution in [-0.4, -0.2) is 0 Å². The Morgan fingerprint density at radius 1 is 1.11 bits per heavy atom. The fourth-order valence-electron chi connectivity index (χ4n) is 2.75. The molecule has 0 radical (unpaired) electrons. The molecule has 0 atom stereocenters. The maximum atomic E-state index is 11.5. The molecular formula is C15H13ClO3. The van der Waals surface area contributed by atoms with E-state index in [1.54, 1.807) is 6.26 Å². The molecule has 0 fully saturated rings. The van der Waals surface area contributed by atoms with E-state index in [4.69, 9.17) is 20.4 Å². The Morgan fingerprint density at radius 3 is 2.53 bits per heavy atom. The monoisotopic (exact) mass is 276 g/mol. The smallest absolute Gasteiger partial charge is 0.336 e. The lowest BCUT2D eigenvalue weighted by molar-refractivity contribution is 0.555. The Labute approximate surface area is 114 Å². The second-order valence-corrected chi connectivity index (χ2v) is 5.07. The molecule has 2 aromatic heterocycles. The summed E-state index contributed by atoms with van der Waals surface area (Å²) in [6, 6.07) is 1.51. The van der Waals surface area contributed by atoms with E-state index in [0.717, 1.165) is 38.6 Å². The van der Waals surface area contributed by atoms with Crippen molar-refractivity contribution in [1.29, 1.82) is 0 Å². The van der Waals surface area contributed by atoms with Crippen LogP contribution in [0.2, 0.25) is 0 Å². The summed E-state index contributed by atoms with van der Waals surface area (Å²) in [5.74, 6) is 0.397. The van der Waals surface area contributed by atoms with E-state index >= 15 is 0 Å². The molecule has 0 saturated carbocycles. The first-order valence-electron chi connectivity index (χ1n) is 6.04. The summed E-state index contributed by atoms with van der Waals surface area (Å²) in [5, 5.41) is 1.99. The molecule has 0 aliphatic rings. The highest BCUT2D eigenvalue weighted by Crippen LogP contribution is 2.36. The second kappa shape index (κ2) is 4.14. The van der Waals surface area contributed by atoms with E-state index in [1.807, 2.05) is 20.8 Å². The Morgan fingerprint density at radius 2 is 1.84 bits per heavy atom. The van der Waals surface area contributed by atoms with Gasteiger partial charge in [-0.3, -0.25) is 0 Å². The molecule has 3 nitrogen and oxygen atoms in total. The van der Waals surface area contributed by atoms with Gasteiger partial charge in [0.1, 0.15) is 11.2 Å². The number of furan rings is 1. The minimum absolute atomic E-state index is 0.337. The van der Waals surface area contributed by atoms with Crippen LogP contribution in [0.4, 0.5) is 0 Å². The fraction of sp³-hybridized carbons (Fsp3) is 0.267. The van der Waals surface area contributed by atoms with Gasteiger partial charge in [-0.15, -0.1) is 11.6 Å². The van der Waals surface area contributed by atoms with Crippen molar-refractivity contribution in [3.8, 4) is 0 Å². The van der Waals surface area contributed by atoms with E-state index in [0.29, 0.717) is 11.5 Å². The molecule has 19 heavy (non-hydrogen) atoms. The predicted molar refractivity (Wildman–Crippen MR) is 76.0 cm³/mol. The third-order valence-corrected chi connectivity index (χ3v) is 3.89. The normalized spacial score (nSPS) is 11.6. The summed E-state index contributed by atoms with van der Waals surface area (Å²) in [6.45, 7) is 5.81. The highest BCUT2D eigenvalue weighted by atomic mass is 35.5. The number of aryl methyl sites for hydroxylation is 3. The summed E-state index contributed by atoms with van der Waals surface area (Å²) >= 11 is 5.95. The molecular weight excluding hydrogens is 264 g/mol. The van der Waals surface area contributed by atoms with Gasteiger partial charge >= 0.3 is 5.63 Å². The van der Waals surface area contributed by atoms with Crippen molar-refractivity contribution in [1.82, 2.24) is 0 Å². The van der Waals surface area contributed by atoms with Gasteiger partial charge in [0.2, 0.25) is 0 Å². The summed E-state index contributed by atoms with van der Waals surface area (Å²) in [7, 11) is 0. The van der Waals surface area contributed by atoms with Gasteiger partial charge in [0.25, 0.3) is 0 Å². The van der Waals surface area contributed by atoms with Gasteiger partial charge in [-0.1, -0.05) is 0 Å². The van der Waals surface area contributed by atoms with Crippen LogP contribution >= 0.6 is 11.6 Å². The Hall–Kier alpha value is -1.74. The predicted octanol–water partition coefficient (Wildman–Crippen LogP) is 4.20. The minimum Gasteiger partial charge on any atom is -0.464 e. The van der Waals surface area contributed by atoms with E-state index in [1.165, 1.54) is 6.07 Å². The Balaban J connectivity index is 2.67. The SMILES string of the molecule is Cc1c2oc(=O)cc(C)c2c(C)c2c(CCl)coc12. The Kier molecular flexibility index (Phi) is 2.68. The molecule has 3 rings (SSSR count). The molecule has 0 aliphatic heterocycles. The van der Waals surface area contributed by atoms with Crippen molar-refractivity contribution < 1.29 is 8.83 Å². The summed E-state index contributed by atoms with van der Waals surface area (Å²) in [5.41, 5.74) is 4.77. The first-order chi connectivity index (χ1) is 9.04. The van der Waals surface area contributed by atoms with E-state index in [2.05, 4.69) is 0 Å². The van der Waals surface area contributed by atoms with Gasteiger partial charge < -0.3 is 8.83 Å². The lowest BCUT2D eigenvalue weighted by Gasteiger charge is -2.09. The lowest BCUT2D eigenvalue weighted by Crippen LogP contribution is -2.00. The minimum atomic E-state index is -0.337. The largest absolute Gasteiger partial charge is 0.464 e. The number of rotatable bonds is 1. The zero-order chi connectivity index (χ0) is 13.7. The molecule has 0 amide bonds. The van der Waals surface area contributed by atoms with Gasteiger partial charge in [0, 0.05) is 28.0 Å². The number of hydrogen-bond donors (Lipinski definition) is 0. The van der Waals surface area contributed by atoms with Crippen LogP contribution in [0.3, 0.4) is 0 Å². The third kappa shape index (κ3) is 1.61. The lowest BCUT2D eigenvalue weighted by atomic mass is 9.97. The first kappa shape index (κ1) is 12.3. The maximum Gasteiger partial charge on any atom is 0.336 e. The molecule has 0 unspecified atom stereocenters. The first-order valence-corrected chi connectivity index (χ1v) is 6.57. The summed E-state index contributed by atoms with van der Waals surface area (Å²) in [6.07, 6.45) is 1.67.